The summed E-state index contributed by atoms with van der Waals surface area (Å²) in [5.74, 6) is 1.77. The van der Waals surface area contributed by atoms with E-state index in [9.17, 15) is 0 Å². The van der Waals surface area contributed by atoms with Crippen LogP contribution in [0, 0.1) is 0 Å². The van der Waals surface area contributed by atoms with Crippen LogP contribution in [0.5, 0.6) is 0 Å². The van der Waals surface area contributed by atoms with Crippen LogP contribution < -0.4 is 0 Å². The zero-order valence-corrected chi connectivity index (χ0v) is 40.5. The third-order valence-corrected chi connectivity index (χ3v) is 14.8. The zero-order chi connectivity index (χ0) is 49.4. The Kier molecular flexibility index (Phi) is 9.78. The van der Waals surface area contributed by atoms with E-state index in [-0.39, 0.29) is 0 Å². The van der Waals surface area contributed by atoms with Gasteiger partial charge < -0.3 is 13.6 Å². The molecule has 0 saturated heterocycles. The van der Waals surface area contributed by atoms with Gasteiger partial charge in [-0.3, -0.25) is 0 Å². The number of hydrogen-bond acceptors (Lipinski definition) is 4. The summed E-state index contributed by atoms with van der Waals surface area (Å²) in [5.41, 5.74) is 17.2. The topological polar surface area (TPSA) is 61.7 Å². The van der Waals surface area contributed by atoms with E-state index in [2.05, 4.69) is 258 Å². The van der Waals surface area contributed by atoms with Gasteiger partial charge in [-0.15, -0.1) is 0 Å². The summed E-state index contributed by atoms with van der Waals surface area (Å²) in [4.78, 5) is 16.0. The summed E-state index contributed by atoms with van der Waals surface area (Å²) in [6, 6.07) is 91.9. The predicted octanol–water partition coefficient (Wildman–Crippen LogP) is 18.0. The average molecular weight is 958 g/mol. The van der Waals surface area contributed by atoms with Gasteiger partial charge in [0.15, 0.2) is 28.6 Å². The van der Waals surface area contributed by atoms with Crippen molar-refractivity contribution in [2.45, 2.75) is 0 Å². The molecule has 0 N–H and O–H groups in total. The van der Waals surface area contributed by atoms with Gasteiger partial charge in [0, 0.05) is 60.4 Å². The van der Waals surface area contributed by atoms with Crippen LogP contribution in [0.2, 0.25) is 0 Å². The molecule has 0 amide bonds. The van der Waals surface area contributed by atoms with Crippen LogP contribution in [0.1, 0.15) is 0 Å². The highest BCUT2D eigenvalue weighted by atomic mass is 16.3. The third kappa shape index (κ3) is 6.92. The summed E-state index contributed by atoms with van der Waals surface area (Å²) < 4.78 is 12.2. The van der Waals surface area contributed by atoms with Crippen molar-refractivity contribution < 1.29 is 4.42 Å². The lowest BCUT2D eigenvalue weighted by Gasteiger charge is -2.14. The van der Waals surface area contributed by atoms with Crippen LogP contribution in [0.25, 0.3) is 144 Å². The molecule has 0 aliphatic carbocycles. The fourth-order valence-corrected chi connectivity index (χ4v) is 11.4. The highest BCUT2D eigenvalue weighted by molar-refractivity contribution is 6.26. The number of rotatable bonds is 8. The Hall–Kier alpha value is -10.2. The van der Waals surface area contributed by atoms with Gasteiger partial charge in [-0.25, -0.2) is 15.0 Å². The summed E-state index contributed by atoms with van der Waals surface area (Å²) in [6.45, 7) is 0. The van der Waals surface area contributed by atoms with Crippen LogP contribution in [0.4, 0.5) is 0 Å². The maximum atomic E-state index is 7.44. The smallest absolute Gasteiger partial charge is 0.164 e. The van der Waals surface area contributed by atoms with Gasteiger partial charge in [-0.1, -0.05) is 212 Å². The zero-order valence-electron chi connectivity index (χ0n) is 40.5. The van der Waals surface area contributed by atoms with Crippen molar-refractivity contribution in [1.29, 1.82) is 0 Å². The molecule has 0 spiro atoms. The van der Waals surface area contributed by atoms with Gasteiger partial charge in [-0.05, 0) is 81.9 Å². The number of hydrogen-bond donors (Lipinski definition) is 0. The molecule has 11 aromatic carbocycles. The highest BCUT2D eigenvalue weighted by Gasteiger charge is 2.24. The van der Waals surface area contributed by atoms with Crippen molar-refractivity contribution in [2.24, 2.45) is 0 Å². The lowest BCUT2D eigenvalue weighted by molar-refractivity contribution is 0.673. The molecule has 0 fully saturated rings. The number of para-hydroxylation sites is 2. The normalized spacial score (nSPS) is 11.7. The lowest BCUT2D eigenvalue weighted by atomic mass is 9.98. The molecule has 0 unspecified atom stereocenters. The summed E-state index contributed by atoms with van der Waals surface area (Å²) in [6.07, 6.45) is 0. The fourth-order valence-electron chi connectivity index (χ4n) is 11.4. The van der Waals surface area contributed by atoms with E-state index in [1.165, 1.54) is 10.9 Å². The van der Waals surface area contributed by atoms with E-state index in [1.807, 2.05) is 12.1 Å². The second kappa shape index (κ2) is 17.3. The Labute approximate surface area is 431 Å². The Morgan fingerprint density at radius 1 is 0.253 bits per heavy atom. The molecule has 6 nitrogen and oxygen atoms in total. The number of fused-ring (bicyclic) bond motifs is 11. The maximum absolute atomic E-state index is 7.44. The third-order valence-electron chi connectivity index (χ3n) is 14.8. The minimum atomic E-state index is 0.573. The predicted molar refractivity (Wildman–Crippen MR) is 308 cm³/mol. The molecule has 350 valence electrons. The minimum Gasteiger partial charge on any atom is -0.452 e. The summed E-state index contributed by atoms with van der Waals surface area (Å²) in [7, 11) is 0. The van der Waals surface area contributed by atoms with Crippen LogP contribution in [0.3, 0.4) is 0 Å². The molecule has 0 aliphatic rings. The van der Waals surface area contributed by atoms with Gasteiger partial charge >= 0.3 is 0 Å². The first-order chi connectivity index (χ1) is 37.2. The first kappa shape index (κ1) is 42.5. The molecular formula is C69H43N5O. The molecule has 15 rings (SSSR count). The number of furan rings is 1. The first-order valence-corrected chi connectivity index (χ1v) is 25.3. The molecule has 0 radical (unpaired) electrons. The fraction of sp³-hybridized carbons (Fsp3) is 0. The highest BCUT2D eigenvalue weighted by Crippen LogP contribution is 2.45. The largest absolute Gasteiger partial charge is 0.452 e. The first-order valence-electron chi connectivity index (χ1n) is 25.3. The van der Waals surface area contributed by atoms with Crippen molar-refractivity contribution >= 4 is 65.6 Å². The van der Waals surface area contributed by atoms with Crippen molar-refractivity contribution in [2.75, 3.05) is 0 Å². The van der Waals surface area contributed by atoms with E-state index < -0.39 is 0 Å². The lowest BCUT2D eigenvalue weighted by Crippen LogP contribution is -2.02. The van der Waals surface area contributed by atoms with E-state index >= 15 is 0 Å². The molecule has 4 heterocycles. The molecule has 0 saturated carbocycles. The van der Waals surface area contributed by atoms with Crippen molar-refractivity contribution in [3.63, 3.8) is 0 Å². The van der Waals surface area contributed by atoms with Crippen LogP contribution in [0.15, 0.2) is 265 Å². The summed E-state index contributed by atoms with van der Waals surface area (Å²) >= 11 is 0. The van der Waals surface area contributed by atoms with Crippen LogP contribution in [-0.4, -0.2) is 24.1 Å². The Morgan fingerprint density at radius 3 is 1.13 bits per heavy atom. The molecule has 6 heteroatoms. The average Bonchev–Trinajstić information content (AvgIpc) is 4.19. The number of aromatic nitrogens is 5. The SMILES string of the molecule is c1ccc(-c2cccc(-n3c4ccccc4c4ccc5c6ccc7c8ccccc8n(-c8cccc(-c9nc(-c%10ccccc%10-c%10ccccc%10)nc(-c%10ccccc%10-c%10ccccc%10)n9)c8)c7c6oc5c43)c2)cc1. The van der Waals surface area contributed by atoms with Gasteiger partial charge in [0.2, 0.25) is 0 Å². The molecule has 0 bridgehead atoms. The number of nitrogens with zero attached hydrogens (tertiary/aromatic N) is 5. The molecule has 0 aliphatic heterocycles. The van der Waals surface area contributed by atoms with Gasteiger partial charge in [0.1, 0.15) is 0 Å². The van der Waals surface area contributed by atoms with E-state index in [4.69, 9.17) is 19.4 Å². The molecule has 75 heavy (non-hydrogen) atoms. The van der Waals surface area contributed by atoms with E-state index in [0.29, 0.717) is 17.5 Å². The quantitative estimate of drug-likeness (QED) is 0.152. The van der Waals surface area contributed by atoms with E-state index in [1.54, 1.807) is 0 Å². The van der Waals surface area contributed by atoms with Crippen LogP contribution >= 0.6 is 0 Å². The maximum Gasteiger partial charge on any atom is 0.164 e. The minimum absolute atomic E-state index is 0.573. The molecular weight excluding hydrogens is 915 g/mol. The standard InChI is InChI=1S/C69H43N5O/c1-4-20-44(21-5-1)47-26-18-28-49(42-47)73-61-36-16-14-32-53(61)55-38-40-57-58-41-39-56-54-33-15-17-37-62(54)74(64(56)66(58)75-65(57)63(55)73)50-29-19-27-48(43-50)67-70-68(59-34-12-10-30-51(59)45-22-6-2-7-23-45)72-69(71-67)60-35-13-11-31-52(60)46-24-8-3-9-25-46/h1-43H. The van der Waals surface area contributed by atoms with Crippen LogP contribution in [-0.2, 0) is 0 Å². The molecule has 4 aromatic heterocycles. The Balaban J connectivity index is 0.958. The summed E-state index contributed by atoms with van der Waals surface area (Å²) in [5, 5.41) is 6.67. The van der Waals surface area contributed by atoms with Crippen molar-refractivity contribution in [3.05, 3.63) is 261 Å². The number of benzene rings is 11. The van der Waals surface area contributed by atoms with Crippen molar-refractivity contribution in [1.82, 2.24) is 24.1 Å². The second-order valence-corrected chi connectivity index (χ2v) is 19.1. The molecule has 15 aromatic rings. The van der Waals surface area contributed by atoms with Gasteiger partial charge in [-0.2, -0.15) is 0 Å². The monoisotopic (exact) mass is 957 g/mol. The van der Waals surface area contributed by atoms with Gasteiger partial charge in [0.25, 0.3) is 0 Å². The molecule has 0 atom stereocenters. The Morgan fingerprint density at radius 2 is 0.627 bits per heavy atom. The van der Waals surface area contributed by atoms with E-state index in [0.717, 1.165) is 116 Å². The second-order valence-electron chi connectivity index (χ2n) is 19.1. The van der Waals surface area contributed by atoms with Gasteiger partial charge in [0.05, 0.1) is 22.1 Å². The van der Waals surface area contributed by atoms with Crippen molar-refractivity contribution in [3.8, 4) is 78.9 Å². The Bertz CT molecular complexity index is 4600.